The predicted octanol–water partition coefficient (Wildman–Crippen LogP) is 2.83. The van der Waals surface area contributed by atoms with E-state index in [2.05, 4.69) is 42.5 Å². The molecule has 0 radical (unpaired) electrons. The van der Waals surface area contributed by atoms with E-state index >= 15 is 0 Å². The van der Waals surface area contributed by atoms with Crippen LogP contribution >= 0.6 is 11.3 Å². The van der Waals surface area contributed by atoms with E-state index in [-0.39, 0.29) is 11.6 Å². The number of aryl methyl sites for hydroxylation is 1. The SMILES string of the molecule is Cc1sccc1C(NN)C(C)(C)N1CCCCC1. The number of rotatable bonds is 4. The highest BCUT2D eigenvalue weighted by Gasteiger charge is 2.37. The number of nitrogens with one attached hydrogen (secondary N) is 1. The van der Waals surface area contributed by atoms with Crippen LogP contribution < -0.4 is 11.3 Å². The van der Waals surface area contributed by atoms with Gasteiger partial charge in [0.2, 0.25) is 0 Å². The van der Waals surface area contributed by atoms with Gasteiger partial charge in [-0.3, -0.25) is 16.2 Å². The average Bonchev–Trinajstić information content (AvgIpc) is 2.78. The third-order valence-corrected chi connectivity index (χ3v) is 5.12. The first-order valence-electron chi connectivity index (χ1n) is 6.82. The van der Waals surface area contributed by atoms with Gasteiger partial charge in [-0.2, -0.15) is 0 Å². The van der Waals surface area contributed by atoms with E-state index in [4.69, 9.17) is 5.84 Å². The predicted molar refractivity (Wildman–Crippen MR) is 78.6 cm³/mol. The van der Waals surface area contributed by atoms with Gasteiger partial charge in [-0.1, -0.05) is 6.42 Å². The zero-order chi connectivity index (χ0) is 13.2. The Kier molecular flexibility index (Phi) is 4.43. The molecule has 2 heterocycles. The van der Waals surface area contributed by atoms with Crippen LogP contribution in [0, 0.1) is 6.92 Å². The lowest BCUT2D eigenvalue weighted by Crippen LogP contribution is -2.55. The molecule has 2 rings (SSSR count). The molecular formula is C14H25N3S. The fourth-order valence-electron chi connectivity index (χ4n) is 3.02. The molecular weight excluding hydrogens is 242 g/mol. The van der Waals surface area contributed by atoms with Crippen LogP contribution in [0.4, 0.5) is 0 Å². The van der Waals surface area contributed by atoms with Gasteiger partial charge < -0.3 is 0 Å². The van der Waals surface area contributed by atoms with Crippen molar-refractivity contribution < 1.29 is 0 Å². The monoisotopic (exact) mass is 267 g/mol. The number of nitrogens with two attached hydrogens (primary N) is 1. The van der Waals surface area contributed by atoms with E-state index in [1.54, 1.807) is 11.3 Å². The number of hydrogen-bond donors (Lipinski definition) is 2. The Morgan fingerprint density at radius 1 is 1.33 bits per heavy atom. The minimum absolute atomic E-state index is 0.0566. The summed E-state index contributed by atoms with van der Waals surface area (Å²) in [6.45, 7) is 9.17. The Balaban J connectivity index is 2.22. The van der Waals surface area contributed by atoms with E-state index in [0.717, 1.165) is 0 Å². The molecule has 1 unspecified atom stereocenters. The maximum atomic E-state index is 5.85. The van der Waals surface area contributed by atoms with Crippen LogP contribution in [0.1, 0.15) is 49.6 Å². The molecule has 1 saturated heterocycles. The molecule has 1 atom stereocenters. The second-order valence-electron chi connectivity index (χ2n) is 5.73. The molecule has 4 heteroatoms. The first-order chi connectivity index (χ1) is 8.57. The number of hydrazine groups is 1. The summed E-state index contributed by atoms with van der Waals surface area (Å²) in [7, 11) is 0. The van der Waals surface area contributed by atoms with Crippen molar-refractivity contribution in [2.75, 3.05) is 13.1 Å². The number of piperidine rings is 1. The fraction of sp³-hybridized carbons (Fsp3) is 0.714. The van der Waals surface area contributed by atoms with Crippen molar-refractivity contribution in [3.63, 3.8) is 0 Å². The van der Waals surface area contributed by atoms with Crippen LogP contribution in [0.2, 0.25) is 0 Å². The summed E-state index contributed by atoms with van der Waals surface area (Å²) >= 11 is 1.80. The molecule has 1 aromatic rings. The maximum Gasteiger partial charge on any atom is 0.0649 e. The molecule has 102 valence electrons. The minimum atomic E-state index is 0.0566. The molecule has 0 aliphatic carbocycles. The molecule has 1 aliphatic rings. The third-order valence-electron chi connectivity index (χ3n) is 4.25. The first kappa shape index (κ1) is 14.0. The molecule has 0 amide bonds. The van der Waals surface area contributed by atoms with Crippen molar-refractivity contribution in [2.45, 2.75) is 51.6 Å². The van der Waals surface area contributed by atoms with Crippen molar-refractivity contribution in [2.24, 2.45) is 5.84 Å². The third kappa shape index (κ3) is 2.62. The lowest BCUT2D eigenvalue weighted by atomic mass is 9.86. The summed E-state index contributed by atoms with van der Waals surface area (Å²) in [5, 5.41) is 2.15. The van der Waals surface area contributed by atoms with Crippen LogP contribution in [-0.2, 0) is 0 Å². The fourth-order valence-corrected chi connectivity index (χ4v) is 3.76. The largest absolute Gasteiger partial charge is 0.296 e. The Morgan fingerprint density at radius 2 is 2.00 bits per heavy atom. The summed E-state index contributed by atoms with van der Waals surface area (Å²) in [6, 6.07) is 2.40. The van der Waals surface area contributed by atoms with Crippen LogP contribution in [0.25, 0.3) is 0 Å². The summed E-state index contributed by atoms with van der Waals surface area (Å²) in [4.78, 5) is 3.95. The molecule has 0 bridgehead atoms. The quantitative estimate of drug-likeness (QED) is 0.651. The smallest absolute Gasteiger partial charge is 0.0649 e. The molecule has 3 nitrogen and oxygen atoms in total. The van der Waals surface area contributed by atoms with E-state index in [9.17, 15) is 0 Å². The Morgan fingerprint density at radius 3 is 2.50 bits per heavy atom. The number of hydrogen-bond acceptors (Lipinski definition) is 4. The topological polar surface area (TPSA) is 41.3 Å². The zero-order valence-corrected chi connectivity index (χ0v) is 12.5. The molecule has 0 spiro atoms. The normalized spacial score (nSPS) is 20.0. The first-order valence-corrected chi connectivity index (χ1v) is 7.70. The number of thiophene rings is 1. The Hall–Kier alpha value is -0.420. The number of nitrogens with zero attached hydrogens (tertiary/aromatic N) is 1. The molecule has 0 saturated carbocycles. The highest BCUT2D eigenvalue weighted by atomic mass is 32.1. The lowest BCUT2D eigenvalue weighted by Gasteiger charge is -2.45. The Bertz CT molecular complexity index is 380. The van der Waals surface area contributed by atoms with Crippen LogP contribution in [0.15, 0.2) is 11.4 Å². The van der Waals surface area contributed by atoms with Crippen molar-refractivity contribution >= 4 is 11.3 Å². The molecule has 1 aromatic heterocycles. The van der Waals surface area contributed by atoms with Crippen molar-refractivity contribution in [1.82, 2.24) is 10.3 Å². The zero-order valence-electron chi connectivity index (χ0n) is 11.7. The Labute approximate surface area is 114 Å². The van der Waals surface area contributed by atoms with Crippen molar-refractivity contribution in [3.8, 4) is 0 Å². The second kappa shape index (κ2) is 5.70. The standard InChI is InChI=1S/C14H25N3S/c1-11-12(7-10-18-11)13(16-15)14(2,3)17-8-5-4-6-9-17/h7,10,13,16H,4-6,8-9,15H2,1-3H3. The summed E-state index contributed by atoms with van der Waals surface area (Å²) in [5.41, 5.74) is 4.45. The summed E-state index contributed by atoms with van der Waals surface area (Å²) in [6.07, 6.45) is 3.98. The van der Waals surface area contributed by atoms with Gasteiger partial charge in [0.15, 0.2) is 0 Å². The second-order valence-corrected chi connectivity index (χ2v) is 6.85. The van der Waals surface area contributed by atoms with Gasteiger partial charge in [0, 0.05) is 10.4 Å². The lowest BCUT2D eigenvalue weighted by molar-refractivity contribution is 0.0607. The molecule has 3 N–H and O–H groups in total. The van der Waals surface area contributed by atoms with Gasteiger partial charge in [0.05, 0.1) is 6.04 Å². The van der Waals surface area contributed by atoms with Crippen LogP contribution in [0.5, 0.6) is 0 Å². The van der Waals surface area contributed by atoms with E-state index in [1.165, 1.54) is 42.8 Å². The molecule has 1 aliphatic heterocycles. The van der Waals surface area contributed by atoms with Gasteiger partial charge in [-0.15, -0.1) is 11.3 Å². The highest BCUT2D eigenvalue weighted by molar-refractivity contribution is 7.10. The summed E-state index contributed by atoms with van der Waals surface area (Å²) < 4.78 is 0. The molecule has 1 fully saturated rings. The van der Waals surface area contributed by atoms with Gasteiger partial charge in [0.25, 0.3) is 0 Å². The molecule has 0 aromatic carbocycles. The van der Waals surface area contributed by atoms with E-state index in [0.29, 0.717) is 0 Å². The van der Waals surface area contributed by atoms with E-state index < -0.39 is 0 Å². The number of likely N-dealkylation sites (tertiary alicyclic amines) is 1. The van der Waals surface area contributed by atoms with Gasteiger partial charge >= 0.3 is 0 Å². The van der Waals surface area contributed by atoms with Gasteiger partial charge in [-0.05, 0) is 63.7 Å². The van der Waals surface area contributed by atoms with E-state index in [1.807, 2.05) is 0 Å². The summed E-state index contributed by atoms with van der Waals surface area (Å²) in [5.74, 6) is 5.85. The molecule has 18 heavy (non-hydrogen) atoms. The minimum Gasteiger partial charge on any atom is -0.296 e. The van der Waals surface area contributed by atoms with Crippen molar-refractivity contribution in [1.29, 1.82) is 0 Å². The van der Waals surface area contributed by atoms with Gasteiger partial charge in [0.1, 0.15) is 0 Å². The van der Waals surface area contributed by atoms with Crippen LogP contribution in [-0.4, -0.2) is 23.5 Å². The van der Waals surface area contributed by atoms with Crippen molar-refractivity contribution in [3.05, 3.63) is 21.9 Å². The maximum absolute atomic E-state index is 5.85. The van der Waals surface area contributed by atoms with Crippen LogP contribution in [0.3, 0.4) is 0 Å². The van der Waals surface area contributed by atoms with Gasteiger partial charge in [-0.25, -0.2) is 0 Å². The average molecular weight is 267 g/mol. The highest BCUT2D eigenvalue weighted by Crippen LogP contribution is 2.35.